The van der Waals surface area contributed by atoms with Crippen molar-refractivity contribution < 1.29 is 9.53 Å². The van der Waals surface area contributed by atoms with E-state index in [2.05, 4.69) is 0 Å². The number of likely N-dealkylation sites (N-methyl/N-ethyl adjacent to an activating group) is 1. The summed E-state index contributed by atoms with van der Waals surface area (Å²) >= 11 is 5.84. The Balaban J connectivity index is 2.01. The summed E-state index contributed by atoms with van der Waals surface area (Å²) in [6, 6.07) is 15.0. The van der Waals surface area contributed by atoms with Crippen molar-refractivity contribution in [3.63, 3.8) is 0 Å². The summed E-state index contributed by atoms with van der Waals surface area (Å²) < 4.78 is 5.30. The maximum absolute atomic E-state index is 12.3. The van der Waals surface area contributed by atoms with Crippen LogP contribution in [-0.4, -0.2) is 25.0 Å². The van der Waals surface area contributed by atoms with Crippen molar-refractivity contribution in [1.82, 2.24) is 4.90 Å². The third-order valence-electron chi connectivity index (χ3n) is 3.29. The Morgan fingerprint density at radius 3 is 2.48 bits per heavy atom. The lowest BCUT2D eigenvalue weighted by atomic mass is 10.1. The first-order valence-electron chi connectivity index (χ1n) is 6.70. The molecule has 0 aliphatic heterocycles. The number of carbonyl (C=O) groups excluding carboxylic acids is 1. The Hall–Kier alpha value is -2.00. The second-order valence-corrected chi connectivity index (χ2v) is 5.30. The highest BCUT2D eigenvalue weighted by atomic mass is 35.5. The van der Waals surface area contributed by atoms with Gasteiger partial charge in [0.05, 0.1) is 13.5 Å². The van der Waals surface area contributed by atoms with Crippen LogP contribution < -0.4 is 4.74 Å². The van der Waals surface area contributed by atoms with Gasteiger partial charge in [0, 0.05) is 24.2 Å². The van der Waals surface area contributed by atoms with E-state index in [0.717, 1.165) is 16.9 Å². The van der Waals surface area contributed by atoms with Crippen molar-refractivity contribution in [2.75, 3.05) is 14.2 Å². The molecule has 0 fully saturated rings. The van der Waals surface area contributed by atoms with Crippen molar-refractivity contribution in [1.29, 1.82) is 0 Å². The molecule has 0 unspecified atom stereocenters. The van der Waals surface area contributed by atoms with E-state index in [0.29, 0.717) is 18.0 Å². The van der Waals surface area contributed by atoms with Gasteiger partial charge in [0.25, 0.3) is 0 Å². The summed E-state index contributed by atoms with van der Waals surface area (Å²) in [4.78, 5) is 14.0. The Labute approximate surface area is 130 Å². The zero-order chi connectivity index (χ0) is 15.2. The fourth-order valence-electron chi connectivity index (χ4n) is 2.09. The summed E-state index contributed by atoms with van der Waals surface area (Å²) in [5.41, 5.74) is 1.95. The average molecular weight is 304 g/mol. The van der Waals surface area contributed by atoms with Crippen molar-refractivity contribution >= 4 is 17.5 Å². The normalized spacial score (nSPS) is 10.2. The van der Waals surface area contributed by atoms with E-state index in [1.807, 2.05) is 36.4 Å². The third-order valence-corrected chi connectivity index (χ3v) is 3.55. The van der Waals surface area contributed by atoms with Gasteiger partial charge in [-0.15, -0.1) is 0 Å². The number of rotatable bonds is 5. The van der Waals surface area contributed by atoms with Gasteiger partial charge >= 0.3 is 0 Å². The van der Waals surface area contributed by atoms with Crippen LogP contribution in [0.15, 0.2) is 48.5 Å². The predicted octanol–water partition coefficient (Wildman–Crippen LogP) is 3.55. The Kier molecular flexibility index (Phi) is 5.23. The second kappa shape index (κ2) is 7.14. The molecule has 0 saturated heterocycles. The van der Waals surface area contributed by atoms with E-state index in [4.69, 9.17) is 16.3 Å². The van der Waals surface area contributed by atoms with Crippen LogP contribution in [0.3, 0.4) is 0 Å². The maximum atomic E-state index is 12.3. The Bertz CT molecular complexity index is 610. The van der Waals surface area contributed by atoms with E-state index >= 15 is 0 Å². The number of hydrogen-bond donors (Lipinski definition) is 0. The minimum atomic E-state index is 0.0585. The molecule has 110 valence electrons. The minimum Gasteiger partial charge on any atom is -0.496 e. The summed E-state index contributed by atoms with van der Waals surface area (Å²) in [5.74, 6) is 0.854. The Morgan fingerprint density at radius 1 is 1.14 bits per heavy atom. The van der Waals surface area contributed by atoms with Crippen LogP contribution in [0.4, 0.5) is 0 Å². The lowest BCUT2D eigenvalue weighted by Gasteiger charge is -2.19. The van der Waals surface area contributed by atoms with Crippen LogP contribution in [0, 0.1) is 0 Å². The quantitative estimate of drug-likeness (QED) is 0.845. The van der Waals surface area contributed by atoms with E-state index in [-0.39, 0.29) is 5.91 Å². The SMILES string of the molecule is COc1ccccc1CN(C)C(=O)Cc1ccc(Cl)cc1. The summed E-state index contributed by atoms with van der Waals surface area (Å²) in [6.07, 6.45) is 0.364. The van der Waals surface area contributed by atoms with Gasteiger partial charge in [-0.05, 0) is 23.8 Å². The first kappa shape index (κ1) is 15.4. The standard InChI is InChI=1S/C17H18ClNO2/c1-19(12-14-5-3-4-6-16(14)21-2)17(20)11-13-7-9-15(18)10-8-13/h3-10H,11-12H2,1-2H3. The number of nitrogens with zero attached hydrogens (tertiary/aromatic N) is 1. The molecule has 0 aromatic heterocycles. The molecule has 1 amide bonds. The third kappa shape index (κ3) is 4.23. The number of ether oxygens (including phenoxy) is 1. The fourth-order valence-corrected chi connectivity index (χ4v) is 2.22. The number of halogens is 1. The van der Waals surface area contributed by atoms with Crippen molar-refractivity contribution in [3.8, 4) is 5.75 Å². The molecule has 0 heterocycles. The van der Waals surface area contributed by atoms with Gasteiger partial charge in [-0.1, -0.05) is 41.9 Å². The molecular weight excluding hydrogens is 286 g/mol. The molecule has 0 aliphatic carbocycles. The van der Waals surface area contributed by atoms with Crippen LogP contribution in [-0.2, 0) is 17.8 Å². The Morgan fingerprint density at radius 2 is 1.81 bits per heavy atom. The highest BCUT2D eigenvalue weighted by Crippen LogP contribution is 2.19. The molecule has 0 radical (unpaired) electrons. The van der Waals surface area contributed by atoms with Crippen LogP contribution in [0.5, 0.6) is 5.75 Å². The lowest BCUT2D eigenvalue weighted by Crippen LogP contribution is -2.27. The zero-order valence-corrected chi connectivity index (χ0v) is 12.9. The van der Waals surface area contributed by atoms with Crippen LogP contribution in [0.1, 0.15) is 11.1 Å². The van der Waals surface area contributed by atoms with Gasteiger partial charge in [-0.3, -0.25) is 4.79 Å². The van der Waals surface area contributed by atoms with Gasteiger partial charge in [0.1, 0.15) is 5.75 Å². The average Bonchev–Trinajstić information content (AvgIpc) is 2.50. The lowest BCUT2D eigenvalue weighted by molar-refractivity contribution is -0.129. The highest BCUT2D eigenvalue weighted by Gasteiger charge is 2.12. The number of amides is 1. The summed E-state index contributed by atoms with van der Waals surface area (Å²) in [7, 11) is 3.43. The second-order valence-electron chi connectivity index (χ2n) is 4.86. The topological polar surface area (TPSA) is 29.5 Å². The smallest absolute Gasteiger partial charge is 0.227 e. The van der Waals surface area contributed by atoms with Crippen LogP contribution >= 0.6 is 11.6 Å². The van der Waals surface area contributed by atoms with Gasteiger partial charge in [-0.2, -0.15) is 0 Å². The zero-order valence-electron chi connectivity index (χ0n) is 12.2. The van der Waals surface area contributed by atoms with E-state index in [1.54, 1.807) is 31.2 Å². The van der Waals surface area contributed by atoms with E-state index in [1.165, 1.54) is 0 Å². The van der Waals surface area contributed by atoms with Gasteiger partial charge in [0.15, 0.2) is 0 Å². The number of para-hydroxylation sites is 1. The molecule has 2 aromatic rings. The number of methoxy groups -OCH3 is 1. The fraction of sp³-hybridized carbons (Fsp3) is 0.235. The molecule has 0 aliphatic rings. The molecule has 0 atom stereocenters. The minimum absolute atomic E-state index is 0.0585. The van der Waals surface area contributed by atoms with Gasteiger partial charge in [-0.25, -0.2) is 0 Å². The molecule has 3 nitrogen and oxygen atoms in total. The highest BCUT2D eigenvalue weighted by molar-refractivity contribution is 6.30. The molecule has 2 aromatic carbocycles. The largest absolute Gasteiger partial charge is 0.496 e. The van der Waals surface area contributed by atoms with Crippen LogP contribution in [0.2, 0.25) is 5.02 Å². The molecule has 0 spiro atoms. The van der Waals surface area contributed by atoms with Gasteiger partial charge in [0.2, 0.25) is 5.91 Å². The molecule has 4 heteroatoms. The number of hydrogen-bond acceptors (Lipinski definition) is 2. The monoisotopic (exact) mass is 303 g/mol. The van der Waals surface area contributed by atoms with E-state index < -0.39 is 0 Å². The molecule has 0 bridgehead atoms. The number of benzene rings is 2. The molecule has 0 N–H and O–H groups in total. The molecule has 0 saturated carbocycles. The van der Waals surface area contributed by atoms with E-state index in [9.17, 15) is 4.79 Å². The van der Waals surface area contributed by atoms with Crippen molar-refractivity contribution in [2.24, 2.45) is 0 Å². The first-order chi connectivity index (χ1) is 10.1. The molecule has 21 heavy (non-hydrogen) atoms. The first-order valence-corrected chi connectivity index (χ1v) is 7.08. The van der Waals surface area contributed by atoms with Crippen LogP contribution in [0.25, 0.3) is 0 Å². The van der Waals surface area contributed by atoms with Crippen molar-refractivity contribution in [2.45, 2.75) is 13.0 Å². The molecule has 2 rings (SSSR count). The predicted molar refractivity (Wildman–Crippen MR) is 84.6 cm³/mol. The maximum Gasteiger partial charge on any atom is 0.227 e. The summed E-state index contributed by atoms with van der Waals surface area (Å²) in [6.45, 7) is 0.524. The van der Waals surface area contributed by atoms with Gasteiger partial charge < -0.3 is 9.64 Å². The molecular formula is C17H18ClNO2. The van der Waals surface area contributed by atoms with Crippen molar-refractivity contribution in [3.05, 3.63) is 64.7 Å². The number of carbonyl (C=O) groups is 1. The summed E-state index contributed by atoms with van der Waals surface area (Å²) in [5, 5.41) is 0.675.